The van der Waals surface area contributed by atoms with Gasteiger partial charge in [-0.25, -0.2) is 0 Å². The van der Waals surface area contributed by atoms with E-state index in [1.165, 1.54) is 19.3 Å². The highest BCUT2D eigenvalue weighted by Crippen LogP contribution is 2.08. The van der Waals surface area contributed by atoms with Gasteiger partial charge in [0.1, 0.15) is 0 Å². The molecular weight excluding hydrogens is 176 g/mol. The quantitative estimate of drug-likeness (QED) is 0.735. The van der Waals surface area contributed by atoms with E-state index < -0.39 is 0 Å². The first-order chi connectivity index (χ1) is 6.70. The molecule has 1 aliphatic heterocycles. The van der Waals surface area contributed by atoms with Crippen LogP contribution in [-0.2, 0) is 4.74 Å². The summed E-state index contributed by atoms with van der Waals surface area (Å²) in [7, 11) is 4.26. The minimum absolute atomic E-state index is 0.610. The summed E-state index contributed by atoms with van der Waals surface area (Å²) in [6.07, 6.45) is 3.63. The molecule has 1 aliphatic rings. The van der Waals surface area contributed by atoms with Crippen molar-refractivity contribution in [3.8, 4) is 0 Å². The molecule has 2 unspecified atom stereocenters. The minimum Gasteiger partial charge on any atom is -0.381 e. The van der Waals surface area contributed by atoms with Crippen LogP contribution in [0.3, 0.4) is 0 Å². The monoisotopic (exact) mass is 200 g/mol. The van der Waals surface area contributed by atoms with Gasteiger partial charge in [0.05, 0.1) is 0 Å². The second kappa shape index (κ2) is 6.38. The third-order valence-electron chi connectivity index (χ3n) is 3.04. The van der Waals surface area contributed by atoms with Crippen molar-refractivity contribution in [3.05, 3.63) is 0 Å². The molecule has 0 radical (unpaired) electrons. The van der Waals surface area contributed by atoms with Crippen molar-refractivity contribution in [1.29, 1.82) is 0 Å². The summed E-state index contributed by atoms with van der Waals surface area (Å²) < 4.78 is 5.43. The molecule has 2 atom stereocenters. The van der Waals surface area contributed by atoms with Gasteiger partial charge in [-0.3, -0.25) is 0 Å². The Morgan fingerprint density at radius 2 is 2.14 bits per heavy atom. The zero-order chi connectivity index (χ0) is 10.4. The first-order valence-corrected chi connectivity index (χ1v) is 5.67. The first-order valence-electron chi connectivity index (χ1n) is 5.67. The highest BCUT2D eigenvalue weighted by molar-refractivity contribution is 4.72. The van der Waals surface area contributed by atoms with Crippen LogP contribution in [0.2, 0.25) is 0 Å². The van der Waals surface area contributed by atoms with E-state index in [9.17, 15) is 0 Å². The number of hydrogen-bond acceptors (Lipinski definition) is 3. The molecule has 1 saturated heterocycles. The summed E-state index contributed by atoms with van der Waals surface area (Å²) in [6, 6.07) is 1.28. The largest absolute Gasteiger partial charge is 0.381 e. The van der Waals surface area contributed by atoms with Gasteiger partial charge in [-0.1, -0.05) is 0 Å². The molecule has 0 aromatic carbocycles. The molecule has 1 heterocycles. The number of rotatable bonds is 4. The van der Waals surface area contributed by atoms with Crippen molar-refractivity contribution >= 4 is 0 Å². The van der Waals surface area contributed by atoms with E-state index in [0.717, 1.165) is 19.8 Å². The first kappa shape index (κ1) is 12.0. The molecule has 3 heteroatoms. The summed E-state index contributed by atoms with van der Waals surface area (Å²) in [5.74, 6) is 0. The third kappa shape index (κ3) is 4.40. The normalized spacial score (nSPS) is 26.1. The molecular formula is C11H24N2O. The van der Waals surface area contributed by atoms with Crippen molar-refractivity contribution < 1.29 is 4.74 Å². The Balaban J connectivity index is 2.15. The molecule has 3 nitrogen and oxygen atoms in total. The Morgan fingerprint density at radius 3 is 2.86 bits per heavy atom. The highest BCUT2D eigenvalue weighted by Gasteiger charge is 2.13. The van der Waals surface area contributed by atoms with Gasteiger partial charge in [-0.05, 0) is 40.3 Å². The third-order valence-corrected chi connectivity index (χ3v) is 3.04. The van der Waals surface area contributed by atoms with Crippen LogP contribution in [0.4, 0.5) is 0 Å². The van der Waals surface area contributed by atoms with Crippen LogP contribution >= 0.6 is 0 Å². The molecule has 0 spiro atoms. The summed E-state index contributed by atoms with van der Waals surface area (Å²) in [6.45, 7) is 5.20. The summed E-state index contributed by atoms with van der Waals surface area (Å²) in [5.41, 5.74) is 0. The molecule has 1 N–H and O–H groups in total. The van der Waals surface area contributed by atoms with Crippen LogP contribution in [0.5, 0.6) is 0 Å². The second-order valence-electron chi connectivity index (χ2n) is 4.46. The van der Waals surface area contributed by atoms with E-state index >= 15 is 0 Å². The maximum Gasteiger partial charge on any atom is 0.0480 e. The molecule has 0 saturated carbocycles. The van der Waals surface area contributed by atoms with Gasteiger partial charge in [0, 0.05) is 31.8 Å². The minimum atomic E-state index is 0.610. The van der Waals surface area contributed by atoms with E-state index in [1.807, 2.05) is 0 Å². The lowest BCUT2D eigenvalue weighted by Crippen LogP contribution is -2.40. The Hall–Kier alpha value is -0.120. The fourth-order valence-electron chi connectivity index (χ4n) is 1.63. The van der Waals surface area contributed by atoms with E-state index in [0.29, 0.717) is 12.1 Å². The maximum atomic E-state index is 5.43. The smallest absolute Gasteiger partial charge is 0.0480 e. The SMILES string of the molecule is CC(CNC1CCCOCC1)N(C)C. The predicted octanol–water partition coefficient (Wildman–Crippen LogP) is 1.10. The van der Waals surface area contributed by atoms with Gasteiger partial charge in [0.25, 0.3) is 0 Å². The van der Waals surface area contributed by atoms with E-state index in [2.05, 4.69) is 31.2 Å². The van der Waals surface area contributed by atoms with E-state index in [4.69, 9.17) is 4.74 Å². The number of likely N-dealkylation sites (N-methyl/N-ethyl adjacent to an activating group) is 1. The van der Waals surface area contributed by atoms with Gasteiger partial charge < -0.3 is 15.0 Å². The van der Waals surface area contributed by atoms with Crippen LogP contribution in [0.25, 0.3) is 0 Å². The average molecular weight is 200 g/mol. The number of ether oxygens (including phenoxy) is 1. The molecule has 1 rings (SSSR count). The fraction of sp³-hybridized carbons (Fsp3) is 1.00. The Labute approximate surface area is 87.8 Å². The van der Waals surface area contributed by atoms with Gasteiger partial charge in [0.2, 0.25) is 0 Å². The highest BCUT2D eigenvalue weighted by atomic mass is 16.5. The van der Waals surface area contributed by atoms with Gasteiger partial charge in [-0.2, -0.15) is 0 Å². The average Bonchev–Trinajstić information content (AvgIpc) is 2.42. The molecule has 84 valence electrons. The molecule has 0 aromatic heterocycles. The van der Waals surface area contributed by atoms with Crippen LogP contribution in [-0.4, -0.2) is 50.8 Å². The summed E-state index contributed by atoms with van der Waals surface area (Å²) >= 11 is 0. The second-order valence-corrected chi connectivity index (χ2v) is 4.46. The molecule has 1 fully saturated rings. The van der Waals surface area contributed by atoms with Crippen molar-refractivity contribution in [1.82, 2.24) is 10.2 Å². The molecule has 0 amide bonds. The zero-order valence-electron chi connectivity index (χ0n) is 9.75. The van der Waals surface area contributed by atoms with Crippen molar-refractivity contribution in [2.75, 3.05) is 33.9 Å². The summed E-state index contributed by atoms with van der Waals surface area (Å²) in [4.78, 5) is 2.25. The van der Waals surface area contributed by atoms with Crippen molar-refractivity contribution in [2.45, 2.75) is 38.3 Å². The zero-order valence-corrected chi connectivity index (χ0v) is 9.75. The molecule has 0 aliphatic carbocycles. The topological polar surface area (TPSA) is 24.5 Å². The molecule has 0 aromatic rings. The number of nitrogens with one attached hydrogen (secondary N) is 1. The number of hydrogen-bond donors (Lipinski definition) is 1. The molecule has 14 heavy (non-hydrogen) atoms. The standard InChI is InChI=1S/C11H24N2O/c1-10(13(2)3)9-12-11-5-4-7-14-8-6-11/h10-12H,4-9H2,1-3H3. The van der Waals surface area contributed by atoms with Gasteiger partial charge in [-0.15, -0.1) is 0 Å². The van der Waals surface area contributed by atoms with E-state index in [-0.39, 0.29) is 0 Å². The van der Waals surface area contributed by atoms with Gasteiger partial charge >= 0.3 is 0 Å². The maximum absolute atomic E-state index is 5.43. The Bertz CT molecular complexity index is 142. The lowest BCUT2D eigenvalue weighted by atomic mass is 10.1. The molecule has 0 bridgehead atoms. The van der Waals surface area contributed by atoms with Crippen LogP contribution in [0.1, 0.15) is 26.2 Å². The lowest BCUT2D eigenvalue weighted by Gasteiger charge is -2.23. The lowest BCUT2D eigenvalue weighted by molar-refractivity contribution is 0.142. The van der Waals surface area contributed by atoms with Crippen molar-refractivity contribution in [2.24, 2.45) is 0 Å². The summed E-state index contributed by atoms with van der Waals surface area (Å²) in [5, 5.41) is 3.62. The Morgan fingerprint density at radius 1 is 1.36 bits per heavy atom. The van der Waals surface area contributed by atoms with Crippen LogP contribution in [0.15, 0.2) is 0 Å². The van der Waals surface area contributed by atoms with Gasteiger partial charge in [0.15, 0.2) is 0 Å². The Kier molecular flexibility index (Phi) is 5.45. The van der Waals surface area contributed by atoms with Crippen molar-refractivity contribution in [3.63, 3.8) is 0 Å². The predicted molar refractivity (Wildman–Crippen MR) is 59.6 cm³/mol. The van der Waals surface area contributed by atoms with E-state index in [1.54, 1.807) is 0 Å². The van der Waals surface area contributed by atoms with Crippen LogP contribution < -0.4 is 5.32 Å². The number of nitrogens with zero attached hydrogens (tertiary/aromatic N) is 1. The van der Waals surface area contributed by atoms with Crippen LogP contribution in [0, 0.1) is 0 Å². The fourth-order valence-corrected chi connectivity index (χ4v) is 1.63.